The first-order valence-electron chi connectivity index (χ1n) is 3.94. The third kappa shape index (κ3) is 3.99. The van der Waals surface area contributed by atoms with E-state index in [1.165, 1.54) is 13.0 Å². The summed E-state index contributed by atoms with van der Waals surface area (Å²) in [6, 6.07) is 0. The molecule has 0 aliphatic rings. The molecule has 0 N–H and O–H groups in total. The van der Waals surface area contributed by atoms with E-state index in [-0.39, 0.29) is 5.03 Å². The Labute approximate surface area is 93.8 Å². The van der Waals surface area contributed by atoms with Gasteiger partial charge in [0.15, 0.2) is 0 Å². The molecule has 0 aliphatic carbocycles. The van der Waals surface area contributed by atoms with Gasteiger partial charge in [-0.3, -0.25) is 4.79 Å². The molecular formula is C10H12Cl2O2. The van der Waals surface area contributed by atoms with E-state index in [9.17, 15) is 4.79 Å². The van der Waals surface area contributed by atoms with E-state index in [1.807, 2.05) is 0 Å². The Bertz CT molecular complexity index is 292. The topological polar surface area (TPSA) is 26.3 Å². The summed E-state index contributed by atoms with van der Waals surface area (Å²) in [4.78, 5) is 10.7. The average molecular weight is 235 g/mol. The quantitative estimate of drug-likeness (QED) is 0.551. The minimum atomic E-state index is -0.525. The first-order valence-corrected chi connectivity index (χ1v) is 4.69. The van der Waals surface area contributed by atoms with E-state index in [1.54, 1.807) is 6.92 Å². The summed E-state index contributed by atoms with van der Waals surface area (Å²) >= 11 is 11.5. The van der Waals surface area contributed by atoms with Gasteiger partial charge >= 0.3 is 5.97 Å². The van der Waals surface area contributed by atoms with Crippen LogP contribution in [-0.2, 0) is 9.53 Å². The maximum Gasteiger partial charge on any atom is 0.303 e. The maximum atomic E-state index is 10.7. The van der Waals surface area contributed by atoms with Crippen LogP contribution < -0.4 is 0 Å². The molecule has 0 saturated heterocycles. The van der Waals surface area contributed by atoms with Crippen molar-refractivity contribution in [2.75, 3.05) is 0 Å². The number of allylic oxidation sites excluding steroid dienone is 2. The Morgan fingerprint density at radius 2 is 2.00 bits per heavy atom. The number of rotatable bonds is 4. The van der Waals surface area contributed by atoms with Gasteiger partial charge in [-0.2, -0.15) is 0 Å². The standard InChI is InChI=1S/C10H12Cl2O2/c1-5-9(12)10(6(2)11)7(3)14-8(4)13/h5,7H,1-2H2,3-4H3/b10-9-/t7-/m0/s1. The third-order valence-corrected chi connectivity index (χ3v) is 2.04. The molecule has 0 spiro atoms. The van der Waals surface area contributed by atoms with Crippen molar-refractivity contribution in [1.29, 1.82) is 0 Å². The van der Waals surface area contributed by atoms with Crippen LogP contribution in [0.4, 0.5) is 0 Å². The van der Waals surface area contributed by atoms with Crippen LogP contribution in [0.15, 0.2) is 34.9 Å². The first-order chi connectivity index (χ1) is 6.40. The summed E-state index contributed by atoms with van der Waals surface area (Å²) in [5, 5.41) is 0.572. The minimum Gasteiger partial charge on any atom is -0.458 e. The Balaban J connectivity index is 4.94. The monoisotopic (exact) mass is 234 g/mol. The van der Waals surface area contributed by atoms with Crippen molar-refractivity contribution in [2.24, 2.45) is 0 Å². The van der Waals surface area contributed by atoms with E-state index < -0.39 is 12.1 Å². The largest absolute Gasteiger partial charge is 0.458 e. The average Bonchev–Trinajstić information content (AvgIpc) is 2.01. The Hall–Kier alpha value is -0.730. The third-order valence-electron chi connectivity index (χ3n) is 1.48. The van der Waals surface area contributed by atoms with Crippen molar-refractivity contribution in [2.45, 2.75) is 20.0 Å². The molecule has 0 aromatic heterocycles. The van der Waals surface area contributed by atoms with Crippen LogP contribution in [0.5, 0.6) is 0 Å². The van der Waals surface area contributed by atoms with Crippen LogP contribution in [0.25, 0.3) is 0 Å². The number of esters is 1. The summed E-state index contributed by atoms with van der Waals surface area (Å²) in [5.74, 6) is -0.401. The highest BCUT2D eigenvalue weighted by molar-refractivity contribution is 6.36. The molecule has 14 heavy (non-hydrogen) atoms. The number of carbonyl (C=O) groups excluding carboxylic acids is 1. The SMILES string of the molecule is C=C/C(Cl)=C(\C(=C)Cl)[C@H](C)OC(C)=O. The Morgan fingerprint density at radius 1 is 1.50 bits per heavy atom. The van der Waals surface area contributed by atoms with Gasteiger partial charge in [0.05, 0.1) is 0 Å². The van der Waals surface area contributed by atoms with Gasteiger partial charge in [-0.05, 0) is 6.92 Å². The van der Waals surface area contributed by atoms with E-state index >= 15 is 0 Å². The molecule has 0 radical (unpaired) electrons. The van der Waals surface area contributed by atoms with Crippen molar-refractivity contribution in [3.63, 3.8) is 0 Å². The fraction of sp³-hybridized carbons (Fsp3) is 0.300. The lowest BCUT2D eigenvalue weighted by atomic mass is 10.1. The lowest BCUT2D eigenvalue weighted by Crippen LogP contribution is -2.15. The van der Waals surface area contributed by atoms with Crippen molar-refractivity contribution >= 4 is 29.2 Å². The van der Waals surface area contributed by atoms with Crippen molar-refractivity contribution in [3.8, 4) is 0 Å². The van der Waals surface area contributed by atoms with E-state index in [0.29, 0.717) is 10.6 Å². The number of ether oxygens (including phenoxy) is 1. The molecule has 0 bridgehead atoms. The summed E-state index contributed by atoms with van der Waals surface area (Å²) in [6.45, 7) is 10.0. The summed E-state index contributed by atoms with van der Waals surface area (Å²) in [7, 11) is 0. The highest BCUT2D eigenvalue weighted by Gasteiger charge is 2.16. The summed E-state index contributed by atoms with van der Waals surface area (Å²) < 4.78 is 4.92. The second-order valence-electron chi connectivity index (χ2n) is 2.62. The molecular weight excluding hydrogens is 223 g/mol. The second-order valence-corrected chi connectivity index (χ2v) is 3.49. The number of halogens is 2. The van der Waals surface area contributed by atoms with Gasteiger partial charge in [0.2, 0.25) is 0 Å². The van der Waals surface area contributed by atoms with Crippen LogP contribution in [0.1, 0.15) is 13.8 Å². The van der Waals surface area contributed by atoms with Crippen LogP contribution in [0.2, 0.25) is 0 Å². The van der Waals surface area contributed by atoms with Crippen LogP contribution in [-0.4, -0.2) is 12.1 Å². The number of hydrogen-bond donors (Lipinski definition) is 0. The summed E-state index contributed by atoms with van der Waals surface area (Å²) in [6.07, 6.45) is 0.896. The minimum absolute atomic E-state index is 0.239. The molecule has 0 aromatic carbocycles. The lowest BCUT2D eigenvalue weighted by Gasteiger charge is -2.15. The van der Waals surface area contributed by atoms with Crippen molar-refractivity contribution < 1.29 is 9.53 Å². The predicted molar refractivity (Wildman–Crippen MR) is 59.3 cm³/mol. The van der Waals surface area contributed by atoms with Gasteiger partial charge in [0.25, 0.3) is 0 Å². The van der Waals surface area contributed by atoms with Crippen LogP contribution >= 0.6 is 23.2 Å². The molecule has 0 fully saturated rings. The zero-order chi connectivity index (χ0) is 11.3. The zero-order valence-electron chi connectivity index (χ0n) is 8.14. The molecule has 0 rings (SSSR count). The Kier molecular flexibility index (Phi) is 5.58. The van der Waals surface area contributed by atoms with Gasteiger partial charge in [-0.15, -0.1) is 0 Å². The Morgan fingerprint density at radius 3 is 2.29 bits per heavy atom. The van der Waals surface area contributed by atoms with Crippen LogP contribution in [0.3, 0.4) is 0 Å². The van der Waals surface area contributed by atoms with Gasteiger partial charge in [0, 0.05) is 22.6 Å². The van der Waals surface area contributed by atoms with Gasteiger partial charge in [-0.1, -0.05) is 42.4 Å². The van der Waals surface area contributed by atoms with E-state index in [0.717, 1.165) is 0 Å². The van der Waals surface area contributed by atoms with Crippen molar-refractivity contribution in [3.05, 3.63) is 34.9 Å². The highest BCUT2D eigenvalue weighted by atomic mass is 35.5. The van der Waals surface area contributed by atoms with E-state index in [2.05, 4.69) is 13.2 Å². The fourth-order valence-electron chi connectivity index (χ4n) is 0.962. The molecule has 0 amide bonds. The summed E-state index contributed by atoms with van der Waals surface area (Å²) in [5.41, 5.74) is 0.471. The van der Waals surface area contributed by atoms with Gasteiger partial charge in [0.1, 0.15) is 6.10 Å². The molecule has 0 aromatic rings. The maximum absolute atomic E-state index is 10.7. The van der Waals surface area contributed by atoms with Crippen LogP contribution in [0, 0.1) is 0 Å². The molecule has 0 unspecified atom stereocenters. The molecule has 4 heteroatoms. The number of carbonyl (C=O) groups is 1. The smallest absolute Gasteiger partial charge is 0.303 e. The molecule has 78 valence electrons. The number of hydrogen-bond acceptors (Lipinski definition) is 2. The molecule has 1 atom stereocenters. The lowest BCUT2D eigenvalue weighted by molar-refractivity contribution is -0.143. The predicted octanol–water partition coefficient (Wildman–Crippen LogP) is 3.37. The highest BCUT2D eigenvalue weighted by Crippen LogP contribution is 2.25. The normalized spacial score (nSPS) is 14.0. The molecule has 0 saturated carbocycles. The second kappa shape index (κ2) is 5.89. The van der Waals surface area contributed by atoms with E-state index in [4.69, 9.17) is 27.9 Å². The fourth-order valence-corrected chi connectivity index (χ4v) is 1.53. The van der Waals surface area contributed by atoms with Gasteiger partial charge in [-0.25, -0.2) is 0 Å². The molecule has 2 nitrogen and oxygen atoms in total. The zero-order valence-corrected chi connectivity index (χ0v) is 9.65. The molecule has 0 aliphatic heterocycles. The molecule has 0 heterocycles. The first kappa shape index (κ1) is 13.3. The van der Waals surface area contributed by atoms with Gasteiger partial charge < -0.3 is 4.74 Å². The van der Waals surface area contributed by atoms with Crippen molar-refractivity contribution in [1.82, 2.24) is 0 Å².